The van der Waals surface area contributed by atoms with E-state index in [-0.39, 0.29) is 10.6 Å². The number of halogens is 1. The molecule has 27 heavy (non-hydrogen) atoms. The highest BCUT2D eigenvalue weighted by atomic mass is 35.5. The van der Waals surface area contributed by atoms with E-state index in [1.165, 1.54) is 7.11 Å². The summed E-state index contributed by atoms with van der Waals surface area (Å²) in [6.45, 7) is 1.62. The molecular weight excluding hydrogens is 368 g/mol. The van der Waals surface area contributed by atoms with Crippen LogP contribution in [0, 0.1) is 0 Å². The van der Waals surface area contributed by atoms with Gasteiger partial charge in [-0.2, -0.15) is 9.78 Å². The fourth-order valence-corrected chi connectivity index (χ4v) is 3.60. The smallest absolute Gasteiger partial charge is 0.340 e. The van der Waals surface area contributed by atoms with Gasteiger partial charge in [0.25, 0.3) is 5.56 Å². The summed E-state index contributed by atoms with van der Waals surface area (Å²) >= 11 is 6.43. The molecule has 144 valence electrons. The molecule has 0 amide bonds. The number of carbonyl (C=O) groups is 1. The first kappa shape index (κ1) is 19.4. The number of ether oxygens (including phenoxy) is 1. The molecule has 1 atom stereocenters. The van der Waals surface area contributed by atoms with Gasteiger partial charge in [0.2, 0.25) is 0 Å². The number of esters is 1. The van der Waals surface area contributed by atoms with Gasteiger partial charge in [0.1, 0.15) is 5.02 Å². The van der Waals surface area contributed by atoms with Gasteiger partial charge in [-0.25, -0.2) is 4.79 Å². The molecule has 1 aliphatic rings. The second-order valence-electron chi connectivity index (χ2n) is 6.78. The highest BCUT2D eigenvalue weighted by molar-refractivity contribution is 6.33. The monoisotopic (exact) mass is 390 g/mol. The minimum atomic E-state index is -0.538. The molecule has 0 aliphatic carbocycles. The third-order valence-electron chi connectivity index (χ3n) is 4.91. The summed E-state index contributed by atoms with van der Waals surface area (Å²) in [6.07, 6.45) is 3.72. The van der Waals surface area contributed by atoms with E-state index in [1.54, 1.807) is 30.5 Å². The first-order chi connectivity index (χ1) is 12.9. The first-order valence-corrected chi connectivity index (χ1v) is 9.18. The Morgan fingerprint density at radius 3 is 2.74 bits per heavy atom. The Balaban J connectivity index is 2.00. The van der Waals surface area contributed by atoms with Gasteiger partial charge in [-0.05, 0) is 39.1 Å². The summed E-state index contributed by atoms with van der Waals surface area (Å²) in [5.41, 5.74) is 0.759. The predicted octanol–water partition coefficient (Wildman–Crippen LogP) is 2.20. The number of likely N-dealkylation sites (N-methyl/N-ethyl adjacent to an activating group) is 1. The zero-order chi connectivity index (χ0) is 19.6. The summed E-state index contributed by atoms with van der Waals surface area (Å²) in [4.78, 5) is 29.2. The van der Waals surface area contributed by atoms with Crippen LogP contribution in [0.3, 0.4) is 0 Å². The first-order valence-electron chi connectivity index (χ1n) is 8.81. The highest BCUT2D eigenvalue weighted by Crippen LogP contribution is 2.26. The Morgan fingerprint density at radius 2 is 2.04 bits per heavy atom. The standard InChI is InChI=1S/C19H23ClN4O3/c1-22(2)13-7-6-10-23(12-13)16-11-21-24(18(25)17(16)20)15-9-5-4-8-14(15)19(26)27-3/h4-5,8-9,11,13H,6-7,10,12H2,1-3H3. The van der Waals surface area contributed by atoms with Crippen molar-refractivity contribution in [3.8, 4) is 5.69 Å². The maximum Gasteiger partial charge on any atom is 0.340 e. The van der Waals surface area contributed by atoms with Gasteiger partial charge in [0, 0.05) is 19.1 Å². The van der Waals surface area contributed by atoms with Crippen molar-refractivity contribution in [2.45, 2.75) is 18.9 Å². The van der Waals surface area contributed by atoms with E-state index in [1.807, 2.05) is 0 Å². The zero-order valence-corrected chi connectivity index (χ0v) is 16.4. The van der Waals surface area contributed by atoms with E-state index in [0.717, 1.165) is 30.6 Å². The number of carbonyl (C=O) groups excluding carboxylic acids is 1. The maximum atomic E-state index is 12.9. The molecule has 0 N–H and O–H groups in total. The number of rotatable bonds is 4. The Hall–Kier alpha value is -2.38. The molecule has 3 rings (SSSR count). The SMILES string of the molecule is COC(=O)c1ccccc1-n1ncc(N2CCCC(N(C)C)C2)c(Cl)c1=O. The quantitative estimate of drug-likeness (QED) is 0.745. The average molecular weight is 391 g/mol. The molecule has 8 heteroatoms. The van der Waals surface area contributed by atoms with Gasteiger partial charge in [-0.15, -0.1) is 0 Å². The number of para-hydroxylation sites is 1. The summed E-state index contributed by atoms with van der Waals surface area (Å²) in [7, 11) is 5.40. The number of anilines is 1. The Bertz CT molecular complexity index is 897. The van der Waals surface area contributed by atoms with Crippen LogP contribution < -0.4 is 10.5 Å². The molecule has 0 radical (unpaired) electrons. The number of nitrogens with zero attached hydrogens (tertiary/aromatic N) is 4. The van der Waals surface area contributed by atoms with E-state index in [4.69, 9.17) is 16.3 Å². The molecule has 1 saturated heterocycles. The second-order valence-corrected chi connectivity index (χ2v) is 7.15. The van der Waals surface area contributed by atoms with Crippen molar-refractivity contribution >= 4 is 23.3 Å². The lowest BCUT2D eigenvalue weighted by Crippen LogP contribution is -2.45. The van der Waals surface area contributed by atoms with Crippen LogP contribution in [-0.2, 0) is 4.74 Å². The zero-order valence-electron chi connectivity index (χ0n) is 15.7. The van der Waals surface area contributed by atoms with Gasteiger partial charge >= 0.3 is 5.97 Å². The molecule has 0 spiro atoms. The summed E-state index contributed by atoms with van der Waals surface area (Å²) in [5.74, 6) is -0.538. The van der Waals surface area contributed by atoms with Crippen LogP contribution in [0.4, 0.5) is 5.69 Å². The number of piperidine rings is 1. The van der Waals surface area contributed by atoms with Gasteiger partial charge in [-0.3, -0.25) is 4.79 Å². The summed E-state index contributed by atoms with van der Waals surface area (Å²) in [5, 5.41) is 4.39. The predicted molar refractivity (Wildman–Crippen MR) is 105 cm³/mol. The van der Waals surface area contributed by atoms with Crippen LogP contribution in [0.2, 0.25) is 5.02 Å². The van der Waals surface area contributed by atoms with Crippen LogP contribution in [0.25, 0.3) is 5.69 Å². The molecule has 1 fully saturated rings. The topological polar surface area (TPSA) is 67.7 Å². The fraction of sp³-hybridized carbons (Fsp3) is 0.421. The molecular formula is C19H23ClN4O3. The largest absolute Gasteiger partial charge is 0.465 e. The summed E-state index contributed by atoms with van der Waals surface area (Å²) in [6, 6.07) is 7.05. The molecule has 1 aromatic heterocycles. The van der Waals surface area contributed by atoms with Crippen molar-refractivity contribution in [1.29, 1.82) is 0 Å². The average Bonchev–Trinajstić information content (AvgIpc) is 2.69. The third kappa shape index (κ3) is 3.84. The minimum absolute atomic E-state index is 0.101. The Morgan fingerprint density at radius 1 is 1.30 bits per heavy atom. The van der Waals surface area contributed by atoms with Crippen LogP contribution >= 0.6 is 11.6 Å². The molecule has 7 nitrogen and oxygen atoms in total. The number of hydrogen-bond acceptors (Lipinski definition) is 6. The van der Waals surface area contributed by atoms with Crippen LogP contribution in [0.15, 0.2) is 35.3 Å². The van der Waals surface area contributed by atoms with Crippen molar-refractivity contribution in [2.24, 2.45) is 0 Å². The lowest BCUT2D eigenvalue weighted by atomic mass is 10.0. The number of hydrogen-bond donors (Lipinski definition) is 0. The van der Waals surface area contributed by atoms with E-state index in [0.29, 0.717) is 17.4 Å². The molecule has 2 heterocycles. The Labute approximate surface area is 163 Å². The molecule has 0 bridgehead atoms. The van der Waals surface area contributed by atoms with Crippen molar-refractivity contribution in [3.63, 3.8) is 0 Å². The summed E-state index contributed by atoms with van der Waals surface area (Å²) < 4.78 is 5.94. The van der Waals surface area contributed by atoms with E-state index in [2.05, 4.69) is 29.0 Å². The number of benzene rings is 1. The lowest BCUT2D eigenvalue weighted by Gasteiger charge is -2.37. The normalized spacial score (nSPS) is 17.2. The second kappa shape index (κ2) is 8.10. The van der Waals surface area contributed by atoms with Crippen molar-refractivity contribution in [3.05, 3.63) is 51.4 Å². The maximum absolute atomic E-state index is 12.9. The number of aromatic nitrogens is 2. The highest BCUT2D eigenvalue weighted by Gasteiger charge is 2.25. The van der Waals surface area contributed by atoms with Crippen molar-refractivity contribution < 1.29 is 9.53 Å². The fourth-order valence-electron chi connectivity index (χ4n) is 3.35. The van der Waals surface area contributed by atoms with Crippen LogP contribution in [-0.4, -0.2) is 61.0 Å². The Kier molecular flexibility index (Phi) is 5.82. The molecule has 1 unspecified atom stereocenters. The molecule has 0 saturated carbocycles. The van der Waals surface area contributed by atoms with E-state index in [9.17, 15) is 9.59 Å². The molecule has 2 aromatic rings. The van der Waals surface area contributed by atoms with Crippen molar-refractivity contribution in [1.82, 2.24) is 14.7 Å². The van der Waals surface area contributed by atoms with Crippen molar-refractivity contribution in [2.75, 3.05) is 39.2 Å². The van der Waals surface area contributed by atoms with E-state index >= 15 is 0 Å². The van der Waals surface area contributed by atoms with E-state index < -0.39 is 11.5 Å². The van der Waals surface area contributed by atoms with Crippen LogP contribution in [0.1, 0.15) is 23.2 Å². The third-order valence-corrected chi connectivity index (χ3v) is 5.26. The molecule has 1 aliphatic heterocycles. The van der Waals surface area contributed by atoms with Gasteiger partial charge in [-0.1, -0.05) is 23.7 Å². The lowest BCUT2D eigenvalue weighted by molar-refractivity contribution is 0.0600. The minimum Gasteiger partial charge on any atom is -0.465 e. The number of methoxy groups -OCH3 is 1. The van der Waals surface area contributed by atoms with Crippen LogP contribution in [0.5, 0.6) is 0 Å². The molecule has 1 aromatic carbocycles. The van der Waals surface area contributed by atoms with Gasteiger partial charge in [0.05, 0.1) is 30.2 Å². The van der Waals surface area contributed by atoms with Gasteiger partial charge in [0.15, 0.2) is 0 Å². The van der Waals surface area contributed by atoms with Gasteiger partial charge < -0.3 is 14.5 Å².